The van der Waals surface area contributed by atoms with Crippen molar-refractivity contribution in [2.24, 2.45) is 0 Å². The molecule has 0 saturated heterocycles. The summed E-state index contributed by atoms with van der Waals surface area (Å²) >= 11 is 1.68. The maximum atomic E-state index is 11.9. The molecule has 4 rings (SSSR count). The van der Waals surface area contributed by atoms with Gasteiger partial charge in [0.1, 0.15) is 11.4 Å². The fourth-order valence-corrected chi connectivity index (χ4v) is 3.61. The second-order valence-electron chi connectivity index (χ2n) is 6.19. The molecule has 1 aliphatic heterocycles. The predicted octanol–water partition coefficient (Wildman–Crippen LogP) is 4.50. The third-order valence-corrected chi connectivity index (χ3v) is 5.31. The largest absolute Gasteiger partial charge is 0.453 e. The number of carbonyl (C=O) groups excluding carboxylic acids is 1. The van der Waals surface area contributed by atoms with Crippen molar-refractivity contribution in [1.82, 2.24) is 10.2 Å². The Morgan fingerprint density at radius 1 is 1.19 bits per heavy atom. The summed E-state index contributed by atoms with van der Waals surface area (Å²) in [6.07, 6.45) is 5.03. The van der Waals surface area contributed by atoms with Crippen LogP contribution in [0.1, 0.15) is 12.0 Å². The van der Waals surface area contributed by atoms with Gasteiger partial charge in [-0.15, -0.1) is 11.8 Å². The van der Waals surface area contributed by atoms with Gasteiger partial charge < -0.3 is 9.64 Å². The molecule has 1 aromatic heterocycles. The van der Waals surface area contributed by atoms with Crippen LogP contribution in [-0.4, -0.2) is 29.4 Å². The first-order valence-corrected chi connectivity index (χ1v) is 9.63. The molecular formula is C20H19N3O2S. The Kier molecular flexibility index (Phi) is 4.42. The van der Waals surface area contributed by atoms with E-state index in [1.54, 1.807) is 22.9 Å². The average Bonchev–Trinajstić information content (AvgIpc) is 3.13. The number of carbonyl (C=O) groups is 1. The molecule has 1 N–H and O–H groups in total. The van der Waals surface area contributed by atoms with Crippen LogP contribution in [0, 0.1) is 0 Å². The highest BCUT2D eigenvalue weighted by molar-refractivity contribution is 7.98. The first-order chi connectivity index (χ1) is 12.7. The number of benzene rings is 2. The normalized spacial score (nSPS) is 13.6. The van der Waals surface area contributed by atoms with Crippen LogP contribution in [0.2, 0.25) is 0 Å². The molecule has 6 heteroatoms. The number of hydrogen-bond acceptors (Lipinski definition) is 4. The summed E-state index contributed by atoms with van der Waals surface area (Å²) in [7, 11) is 1.82. The monoisotopic (exact) mass is 365 g/mol. The topological polar surface area (TPSA) is 58.2 Å². The quantitative estimate of drug-likeness (QED) is 0.692. The van der Waals surface area contributed by atoms with E-state index in [9.17, 15) is 4.79 Å². The van der Waals surface area contributed by atoms with Gasteiger partial charge in [0, 0.05) is 29.6 Å². The lowest BCUT2D eigenvalue weighted by atomic mass is 9.98. The van der Waals surface area contributed by atoms with E-state index in [0.717, 1.165) is 39.6 Å². The van der Waals surface area contributed by atoms with Crippen LogP contribution >= 0.6 is 11.8 Å². The molecule has 2 heterocycles. The number of H-pyrrole nitrogens is 1. The number of aromatic nitrogens is 2. The van der Waals surface area contributed by atoms with Crippen molar-refractivity contribution in [3.8, 4) is 22.8 Å². The Hall–Kier alpha value is -2.73. The SMILES string of the molecule is CSc1cccc(Oc2cn[nH]c2-c2ccc3c(c2)CCC(=O)N3C)c1. The molecule has 132 valence electrons. The molecule has 3 aromatic rings. The van der Waals surface area contributed by atoms with Crippen LogP contribution in [0.5, 0.6) is 11.5 Å². The molecule has 2 aromatic carbocycles. The van der Waals surface area contributed by atoms with E-state index < -0.39 is 0 Å². The first kappa shape index (κ1) is 16.7. The molecule has 0 atom stereocenters. The highest BCUT2D eigenvalue weighted by Crippen LogP contribution is 2.36. The van der Waals surface area contributed by atoms with Gasteiger partial charge in [-0.25, -0.2) is 0 Å². The summed E-state index contributed by atoms with van der Waals surface area (Å²) in [5.74, 6) is 1.62. The van der Waals surface area contributed by atoms with E-state index in [-0.39, 0.29) is 5.91 Å². The maximum Gasteiger partial charge on any atom is 0.227 e. The Morgan fingerprint density at radius 2 is 2.08 bits per heavy atom. The van der Waals surface area contributed by atoms with E-state index in [1.165, 1.54) is 0 Å². The molecule has 0 aliphatic carbocycles. The van der Waals surface area contributed by atoms with Gasteiger partial charge in [0.2, 0.25) is 5.91 Å². The van der Waals surface area contributed by atoms with Gasteiger partial charge in [-0.2, -0.15) is 5.10 Å². The van der Waals surface area contributed by atoms with Crippen molar-refractivity contribution in [1.29, 1.82) is 0 Å². The minimum Gasteiger partial charge on any atom is -0.453 e. The van der Waals surface area contributed by atoms with Gasteiger partial charge in [0.15, 0.2) is 5.75 Å². The molecule has 1 aliphatic rings. The molecule has 5 nitrogen and oxygen atoms in total. The van der Waals surface area contributed by atoms with Crippen LogP contribution in [0.15, 0.2) is 53.6 Å². The zero-order valence-electron chi connectivity index (χ0n) is 14.7. The molecule has 0 saturated carbocycles. The third-order valence-electron chi connectivity index (χ3n) is 4.59. The van der Waals surface area contributed by atoms with Crippen LogP contribution in [0.25, 0.3) is 11.3 Å². The summed E-state index contributed by atoms with van der Waals surface area (Å²) in [5, 5.41) is 7.19. The van der Waals surface area contributed by atoms with Crippen molar-refractivity contribution < 1.29 is 9.53 Å². The number of fused-ring (bicyclic) bond motifs is 1. The number of ether oxygens (including phenoxy) is 1. The van der Waals surface area contributed by atoms with E-state index in [2.05, 4.69) is 22.3 Å². The number of nitrogens with one attached hydrogen (secondary N) is 1. The molecule has 1 amide bonds. The summed E-state index contributed by atoms with van der Waals surface area (Å²) in [6.45, 7) is 0. The van der Waals surface area contributed by atoms with E-state index >= 15 is 0 Å². The molecule has 0 radical (unpaired) electrons. The summed E-state index contributed by atoms with van der Waals surface area (Å²) < 4.78 is 6.06. The van der Waals surface area contributed by atoms with Crippen molar-refractivity contribution in [3.05, 3.63) is 54.2 Å². The lowest BCUT2D eigenvalue weighted by Gasteiger charge is -2.26. The van der Waals surface area contributed by atoms with Crippen LogP contribution in [-0.2, 0) is 11.2 Å². The zero-order valence-corrected chi connectivity index (χ0v) is 15.5. The molecule has 0 unspecified atom stereocenters. The predicted molar refractivity (Wildman–Crippen MR) is 104 cm³/mol. The number of nitrogens with zero attached hydrogens (tertiary/aromatic N) is 2. The average molecular weight is 365 g/mol. The van der Waals surface area contributed by atoms with E-state index in [0.29, 0.717) is 12.2 Å². The number of amides is 1. The van der Waals surface area contributed by atoms with E-state index in [1.807, 2.05) is 43.6 Å². The number of anilines is 1. The highest BCUT2D eigenvalue weighted by Gasteiger charge is 2.22. The molecule has 0 fully saturated rings. The first-order valence-electron chi connectivity index (χ1n) is 8.41. The lowest BCUT2D eigenvalue weighted by Crippen LogP contribution is -2.30. The van der Waals surface area contributed by atoms with Gasteiger partial charge in [-0.1, -0.05) is 12.1 Å². The summed E-state index contributed by atoms with van der Waals surface area (Å²) in [5.41, 5.74) is 3.97. The summed E-state index contributed by atoms with van der Waals surface area (Å²) in [6, 6.07) is 14.1. The minimum absolute atomic E-state index is 0.157. The fourth-order valence-electron chi connectivity index (χ4n) is 3.16. The number of thioether (sulfide) groups is 1. The Morgan fingerprint density at radius 3 is 2.92 bits per heavy atom. The smallest absolute Gasteiger partial charge is 0.227 e. The maximum absolute atomic E-state index is 11.9. The third kappa shape index (κ3) is 3.08. The Labute approximate surface area is 156 Å². The van der Waals surface area contributed by atoms with Gasteiger partial charge >= 0.3 is 0 Å². The van der Waals surface area contributed by atoms with Gasteiger partial charge in [-0.05, 0) is 48.6 Å². The number of hydrogen-bond donors (Lipinski definition) is 1. The highest BCUT2D eigenvalue weighted by atomic mass is 32.2. The Balaban J connectivity index is 1.66. The van der Waals surface area contributed by atoms with E-state index in [4.69, 9.17) is 4.74 Å². The van der Waals surface area contributed by atoms with Crippen LogP contribution in [0.4, 0.5) is 5.69 Å². The molecule has 0 spiro atoms. The second-order valence-corrected chi connectivity index (χ2v) is 7.07. The number of rotatable bonds is 4. The lowest BCUT2D eigenvalue weighted by molar-refractivity contribution is -0.118. The van der Waals surface area contributed by atoms with Gasteiger partial charge in [-0.3, -0.25) is 9.89 Å². The molecule has 26 heavy (non-hydrogen) atoms. The van der Waals surface area contributed by atoms with Crippen LogP contribution in [0.3, 0.4) is 0 Å². The summed E-state index contributed by atoms with van der Waals surface area (Å²) in [4.78, 5) is 14.7. The standard InChI is InChI=1S/C20H19N3O2S/c1-23-17-8-6-14(10-13(17)7-9-19(23)24)20-18(12-21-22-20)25-15-4-3-5-16(11-15)26-2/h3-6,8,10-12H,7,9H2,1-2H3,(H,21,22). The Bertz CT molecular complexity index is 967. The van der Waals surface area contributed by atoms with Crippen molar-refractivity contribution in [2.45, 2.75) is 17.7 Å². The number of aryl methyl sites for hydroxylation is 1. The van der Waals surface area contributed by atoms with Crippen molar-refractivity contribution in [3.63, 3.8) is 0 Å². The number of aromatic amines is 1. The van der Waals surface area contributed by atoms with Crippen molar-refractivity contribution >= 4 is 23.4 Å². The van der Waals surface area contributed by atoms with Crippen molar-refractivity contribution in [2.75, 3.05) is 18.2 Å². The minimum atomic E-state index is 0.157. The van der Waals surface area contributed by atoms with Crippen LogP contribution < -0.4 is 9.64 Å². The second kappa shape index (κ2) is 6.88. The fraction of sp³-hybridized carbons (Fsp3) is 0.200. The molecular weight excluding hydrogens is 346 g/mol. The van der Waals surface area contributed by atoms with Gasteiger partial charge in [0.05, 0.1) is 6.20 Å². The zero-order chi connectivity index (χ0) is 18.1. The molecule has 0 bridgehead atoms. The van der Waals surface area contributed by atoms with Gasteiger partial charge in [0.25, 0.3) is 0 Å².